The van der Waals surface area contributed by atoms with Gasteiger partial charge in [0.25, 0.3) is 0 Å². The van der Waals surface area contributed by atoms with Crippen LogP contribution in [-0.2, 0) is 4.84 Å². The average molecular weight is 321 g/mol. The van der Waals surface area contributed by atoms with Crippen LogP contribution in [0.3, 0.4) is 0 Å². The molecule has 0 N–H and O–H groups in total. The first-order valence-corrected chi connectivity index (χ1v) is 6.22. The maximum atomic E-state index is 12.7. The molecule has 0 heterocycles. The van der Waals surface area contributed by atoms with Crippen LogP contribution < -0.4 is 0 Å². The smallest absolute Gasteiger partial charge is 0.123 e. The van der Waals surface area contributed by atoms with E-state index in [2.05, 4.69) is 27.7 Å². The van der Waals surface area contributed by atoms with Gasteiger partial charge in [0.1, 0.15) is 12.9 Å². The summed E-state index contributed by atoms with van der Waals surface area (Å²) in [7, 11) is 1.52. The fourth-order valence-electron chi connectivity index (χ4n) is 1.23. The molecule has 0 aliphatic carbocycles. The number of nitrogens with zero attached hydrogens (tertiary/aromatic N) is 1. The second kappa shape index (κ2) is 6.76. The van der Waals surface area contributed by atoms with Crippen LogP contribution in [0.2, 0.25) is 0 Å². The summed E-state index contributed by atoms with van der Waals surface area (Å²) in [5, 5.41) is 3.95. The quantitative estimate of drug-likeness (QED) is 0.353. The number of hydrogen-bond acceptors (Lipinski definition) is 2. The monoisotopic (exact) mass is 321 g/mol. The molecule has 0 fully saturated rings. The van der Waals surface area contributed by atoms with Gasteiger partial charge in [-0.05, 0) is 35.0 Å². The van der Waals surface area contributed by atoms with Crippen molar-refractivity contribution in [1.29, 1.82) is 0 Å². The Morgan fingerprint density at radius 2 is 2.07 bits per heavy atom. The van der Waals surface area contributed by atoms with Crippen molar-refractivity contribution in [3.63, 3.8) is 0 Å². The van der Waals surface area contributed by atoms with E-state index in [9.17, 15) is 4.39 Å². The highest BCUT2D eigenvalue weighted by molar-refractivity contribution is 14.1. The molecular formula is C11H13FINO. The lowest BCUT2D eigenvalue weighted by molar-refractivity contribution is 0.213. The predicted octanol–water partition coefficient (Wildman–Crippen LogP) is 3.39. The van der Waals surface area contributed by atoms with E-state index in [0.717, 1.165) is 28.5 Å². The minimum Gasteiger partial charge on any atom is -0.399 e. The first-order chi connectivity index (χ1) is 7.27. The third kappa shape index (κ3) is 4.15. The number of rotatable bonds is 5. The van der Waals surface area contributed by atoms with Gasteiger partial charge < -0.3 is 4.84 Å². The molecule has 0 aliphatic rings. The molecule has 2 nitrogen and oxygen atoms in total. The Kier molecular flexibility index (Phi) is 5.60. The molecule has 0 saturated carbocycles. The topological polar surface area (TPSA) is 21.6 Å². The van der Waals surface area contributed by atoms with E-state index in [1.54, 1.807) is 12.1 Å². The number of hydrogen-bond donors (Lipinski definition) is 0. The largest absolute Gasteiger partial charge is 0.399 e. The van der Waals surface area contributed by atoms with Crippen molar-refractivity contribution >= 4 is 28.3 Å². The number of alkyl halides is 1. The van der Waals surface area contributed by atoms with Crippen LogP contribution in [0.1, 0.15) is 18.4 Å². The van der Waals surface area contributed by atoms with E-state index >= 15 is 0 Å². The second-order valence-electron chi connectivity index (χ2n) is 3.02. The first-order valence-electron chi connectivity index (χ1n) is 4.70. The Bertz CT molecular complexity index is 324. The van der Waals surface area contributed by atoms with Gasteiger partial charge >= 0.3 is 0 Å². The van der Waals surface area contributed by atoms with Crippen LogP contribution in [0.15, 0.2) is 29.4 Å². The van der Waals surface area contributed by atoms with Crippen LogP contribution in [-0.4, -0.2) is 17.2 Å². The highest BCUT2D eigenvalue weighted by Gasteiger charge is 2.04. The molecule has 0 atom stereocenters. The summed E-state index contributed by atoms with van der Waals surface area (Å²) >= 11 is 2.32. The van der Waals surface area contributed by atoms with Gasteiger partial charge in [0.05, 0.1) is 5.71 Å². The fourth-order valence-corrected chi connectivity index (χ4v) is 1.61. The van der Waals surface area contributed by atoms with Gasteiger partial charge in [-0.25, -0.2) is 4.39 Å². The zero-order chi connectivity index (χ0) is 11.1. The minimum absolute atomic E-state index is 0.232. The summed E-state index contributed by atoms with van der Waals surface area (Å²) < 4.78 is 13.8. The van der Waals surface area contributed by atoms with E-state index < -0.39 is 0 Å². The molecule has 1 rings (SSSR count). The van der Waals surface area contributed by atoms with Gasteiger partial charge in [-0.15, -0.1) is 0 Å². The Balaban J connectivity index is 2.79. The van der Waals surface area contributed by atoms with E-state index in [0.29, 0.717) is 0 Å². The lowest BCUT2D eigenvalue weighted by Crippen LogP contribution is -2.02. The Hall–Kier alpha value is -0.650. The van der Waals surface area contributed by atoms with E-state index in [-0.39, 0.29) is 5.82 Å². The molecule has 0 saturated heterocycles. The van der Waals surface area contributed by atoms with Crippen molar-refractivity contribution in [3.05, 3.63) is 35.6 Å². The van der Waals surface area contributed by atoms with Crippen molar-refractivity contribution in [2.24, 2.45) is 5.16 Å². The number of halogens is 2. The van der Waals surface area contributed by atoms with Crippen molar-refractivity contribution in [3.8, 4) is 0 Å². The van der Waals surface area contributed by atoms with E-state index in [1.807, 2.05) is 0 Å². The standard InChI is InChI=1S/C11H13FINO/c1-15-14-11(3-2-8-13)9-4-6-10(12)7-5-9/h4-7H,2-3,8H2,1H3/b14-11-. The first kappa shape index (κ1) is 12.4. The maximum absolute atomic E-state index is 12.7. The van der Waals surface area contributed by atoms with Gasteiger partial charge in [0, 0.05) is 0 Å². The number of benzene rings is 1. The molecule has 0 bridgehead atoms. The summed E-state index contributed by atoms with van der Waals surface area (Å²) in [5.41, 5.74) is 1.79. The van der Waals surface area contributed by atoms with Crippen LogP contribution in [0.25, 0.3) is 0 Å². The Labute approximate surface area is 103 Å². The molecule has 0 aromatic heterocycles. The molecule has 82 valence electrons. The van der Waals surface area contributed by atoms with Gasteiger partial charge in [-0.1, -0.05) is 39.9 Å². The zero-order valence-electron chi connectivity index (χ0n) is 8.54. The molecule has 0 unspecified atom stereocenters. The lowest BCUT2D eigenvalue weighted by Gasteiger charge is -2.04. The SMILES string of the molecule is CO/N=C(/CCCI)c1ccc(F)cc1. The maximum Gasteiger partial charge on any atom is 0.123 e. The molecule has 0 amide bonds. The minimum atomic E-state index is -0.232. The van der Waals surface area contributed by atoms with Crippen molar-refractivity contribution in [1.82, 2.24) is 0 Å². The van der Waals surface area contributed by atoms with Crippen LogP contribution in [0.5, 0.6) is 0 Å². The molecule has 0 spiro atoms. The Morgan fingerprint density at radius 3 is 2.60 bits per heavy atom. The molecule has 4 heteroatoms. The van der Waals surface area contributed by atoms with Gasteiger partial charge in [0.2, 0.25) is 0 Å². The van der Waals surface area contributed by atoms with Crippen LogP contribution in [0.4, 0.5) is 4.39 Å². The third-order valence-corrected chi connectivity index (χ3v) is 2.69. The summed E-state index contributed by atoms with van der Waals surface area (Å²) in [4.78, 5) is 4.78. The fraction of sp³-hybridized carbons (Fsp3) is 0.364. The van der Waals surface area contributed by atoms with E-state index in [1.165, 1.54) is 19.2 Å². The molecular weight excluding hydrogens is 308 g/mol. The zero-order valence-corrected chi connectivity index (χ0v) is 10.7. The van der Waals surface area contributed by atoms with Gasteiger partial charge in [-0.2, -0.15) is 0 Å². The highest BCUT2D eigenvalue weighted by atomic mass is 127. The van der Waals surface area contributed by atoms with Crippen molar-refractivity contribution in [2.45, 2.75) is 12.8 Å². The summed E-state index contributed by atoms with van der Waals surface area (Å²) in [6.07, 6.45) is 1.89. The summed E-state index contributed by atoms with van der Waals surface area (Å²) in [5.74, 6) is -0.232. The second-order valence-corrected chi connectivity index (χ2v) is 4.10. The number of oxime groups is 1. The average Bonchev–Trinajstić information content (AvgIpc) is 2.25. The normalized spacial score (nSPS) is 11.5. The molecule has 1 aromatic carbocycles. The third-order valence-electron chi connectivity index (χ3n) is 1.93. The Morgan fingerprint density at radius 1 is 1.40 bits per heavy atom. The molecule has 1 aromatic rings. The van der Waals surface area contributed by atoms with Crippen LogP contribution >= 0.6 is 22.6 Å². The van der Waals surface area contributed by atoms with E-state index in [4.69, 9.17) is 4.84 Å². The molecule has 0 aliphatic heterocycles. The van der Waals surface area contributed by atoms with Crippen molar-refractivity contribution < 1.29 is 9.23 Å². The highest BCUT2D eigenvalue weighted by Crippen LogP contribution is 2.09. The molecule has 15 heavy (non-hydrogen) atoms. The summed E-state index contributed by atoms with van der Waals surface area (Å²) in [6.45, 7) is 0. The summed E-state index contributed by atoms with van der Waals surface area (Å²) in [6, 6.07) is 6.32. The predicted molar refractivity (Wildman–Crippen MR) is 68.1 cm³/mol. The van der Waals surface area contributed by atoms with Crippen molar-refractivity contribution in [2.75, 3.05) is 11.5 Å². The lowest BCUT2D eigenvalue weighted by atomic mass is 10.1. The van der Waals surface area contributed by atoms with Gasteiger partial charge in [0.15, 0.2) is 0 Å². The van der Waals surface area contributed by atoms with Gasteiger partial charge in [-0.3, -0.25) is 0 Å². The molecule has 0 radical (unpaired) electrons. The van der Waals surface area contributed by atoms with Crippen LogP contribution in [0, 0.1) is 5.82 Å².